The smallest absolute Gasteiger partial charge is 0.294 e. The molecule has 1 heterocycles. The second-order valence-corrected chi connectivity index (χ2v) is 5.43. The van der Waals surface area contributed by atoms with E-state index in [1.165, 1.54) is 40.6 Å². The van der Waals surface area contributed by atoms with Gasteiger partial charge in [-0.3, -0.25) is 9.59 Å². The van der Waals surface area contributed by atoms with Crippen molar-refractivity contribution in [3.63, 3.8) is 0 Å². The maximum atomic E-state index is 12.6. The number of hydrogen-bond donors (Lipinski definition) is 1. The monoisotopic (exact) mass is 359 g/mol. The van der Waals surface area contributed by atoms with Gasteiger partial charge in [-0.2, -0.15) is 0 Å². The van der Waals surface area contributed by atoms with Crippen molar-refractivity contribution in [1.82, 2.24) is 4.73 Å². The van der Waals surface area contributed by atoms with Gasteiger partial charge in [0.2, 0.25) is 0 Å². The number of rotatable bonds is 4. The second-order valence-electron chi connectivity index (χ2n) is 5.43. The molecular weight excluding hydrogens is 342 g/mol. The number of methoxy groups -OCH3 is 4. The van der Waals surface area contributed by atoms with Gasteiger partial charge in [-0.1, -0.05) is 0 Å². The average Bonchev–Trinajstić information content (AvgIpc) is 2.75. The van der Waals surface area contributed by atoms with Crippen molar-refractivity contribution in [1.29, 1.82) is 0 Å². The van der Waals surface area contributed by atoms with Crippen molar-refractivity contribution in [2.75, 3.05) is 28.4 Å². The zero-order chi connectivity index (χ0) is 19.0. The van der Waals surface area contributed by atoms with Crippen molar-refractivity contribution in [2.24, 2.45) is 0 Å². The molecule has 0 aliphatic rings. The third-order valence-corrected chi connectivity index (χ3v) is 4.18. The molecule has 0 fully saturated rings. The van der Waals surface area contributed by atoms with Crippen LogP contribution in [0.3, 0.4) is 0 Å². The first kappa shape index (κ1) is 17.4. The standard InChI is InChI=1S/C18H17NO7/c1-23-13-5-9-10-6-14(24-2)16(26-4)8-12(10)18(21)19(22)17(20)11(9)7-15(13)25-3/h5-8,22H,1-4H3. The lowest BCUT2D eigenvalue weighted by molar-refractivity contribution is 0.169. The van der Waals surface area contributed by atoms with E-state index in [9.17, 15) is 14.8 Å². The van der Waals surface area contributed by atoms with Gasteiger partial charge in [0.25, 0.3) is 11.1 Å². The minimum atomic E-state index is -0.875. The Balaban J connectivity index is 2.69. The van der Waals surface area contributed by atoms with E-state index in [0.29, 0.717) is 33.8 Å². The molecule has 0 radical (unpaired) electrons. The number of fused-ring (bicyclic) bond motifs is 3. The van der Waals surface area contributed by atoms with Gasteiger partial charge in [0.15, 0.2) is 23.0 Å². The van der Waals surface area contributed by atoms with Crippen molar-refractivity contribution in [3.05, 3.63) is 45.0 Å². The Bertz CT molecular complexity index is 1050. The summed E-state index contributed by atoms with van der Waals surface area (Å²) in [6.45, 7) is 0. The molecular formula is C18H17NO7. The largest absolute Gasteiger partial charge is 0.493 e. The Morgan fingerprint density at radius 1 is 0.615 bits per heavy atom. The molecule has 3 aromatic rings. The molecule has 1 N–H and O–H groups in total. The summed E-state index contributed by atoms with van der Waals surface area (Å²) in [5, 5.41) is 11.1. The van der Waals surface area contributed by atoms with Crippen molar-refractivity contribution in [2.45, 2.75) is 0 Å². The molecule has 0 unspecified atom stereocenters. The molecule has 8 nitrogen and oxygen atoms in total. The van der Waals surface area contributed by atoms with Crippen LogP contribution in [0.25, 0.3) is 21.5 Å². The Morgan fingerprint density at radius 3 is 1.15 bits per heavy atom. The molecule has 2 aromatic carbocycles. The quantitative estimate of drug-likeness (QED) is 0.709. The normalized spacial score (nSPS) is 10.8. The number of ether oxygens (including phenoxy) is 4. The SMILES string of the molecule is COc1cc2c(=O)n(O)c(=O)c3cc(OC)c(OC)cc3c2cc1OC. The molecule has 0 amide bonds. The maximum absolute atomic E-state index is 12.6. The van der Waals surface area contributed by atoms with Crippen molar-refractivity contribution >= 4 is 21.5 Å². The molecule has 26 heavy (non-hydrogen) atoms. The second kappa shape index (κ2) is 6.47. The molecule has 0 aliphatic carbocycles. The summed E-state index contributed by atoms with van der Waals surface area (Å²) in [6, 6.07) is 5.98. The van der Waals surface area contributed by atoms with Crippen LogP contribution in [-0.2, 0) is 0 Å². The molecule has 0 atom stereocenters. The van der Waals surface area contributed by atoms with Crippen LogP contribution in [0.5, 0.6) is 23.0 Å². The van der Waals surface area contributed by atoms with Gasteiger partial charge in [0.1, 0.15) is 0 Å². The van der Waals surface area contributed by atoms with E-state index < -0.39 is 11.1 Å². The van der Waals surface area contributed by atoms with E-state index in [1.807, 2.05) is 0 Å². The molecule has 1 aromatic heterocycles. The summed E-state index contributed by atoms with van der Waals surface area (Å²) < 4.78 is 21.1. The fourth-order valence-electron chi connectivity index (χ4n) is 2.88. The van der Waals surface area contributed by atoms with E-state index in [-0.39, 0.29) is 15.5 Å². The zero-order valence-electron chi connectivity index (χ0n) is 14.7. The Morgan fingerprint density at radius 2 is 0.885 bits per heavy atom. The molecule has 0 spiro atoms. The van der Waals surface area contributed by atoms with Crippen LogP contribution < -0.4 is 30.1 Å². The molecule has 3 rings (SSSR count). The van der Waals surface area contributed by atoms with Crippen LogP contribution in [-0.4, -0.2) is 38.4 Å². The minimum absolute atomic E-state index is 0.0719. The Hall–Kier alpha value is -3.42. The predicted molar refractivity (Wildman–Crippen MR) is 95.4 cm³/mol. The fourth-order valence-corrected chi connectivity index (χ4v) is 2.88. The van der Waals surface area contributed by atoms with Crippen molar-refractivity contribution in [3.8, 4) is 23.0 Å². The highest BCUT2D eigenvalue weighted by Crippen LogP contribution is 2.37. The zero-order valence-corrected chi connectivity index (χ0v) is 14.7. The number of hydrogen-bond acceptors (Lipinski definition) is 7. The highest BCUT2D eigenvalue weighted by molar-refractivity contribution is 6.07. The van der Waals surface area contributed by atoms with Crippen LogP contribution in [0.4, 0.5) is 0 Å². The Labute approximate surface area is 147 Å². The minimum Gasteiger partial charge on any atom is -0.493 e. The van der Waals surface area contributed by atoms with Crippen LogP contribution in [0.2, 0.25) is 0 Å². The summed E-state index contributed by atoms with van der Waals surface area (Å²) in [6.07, 6.45) is 0. The fraction of sp³-hybridized carbons (Fsp3) is 0.222. The summed E-state index contributed by atoms with van der Waals surface area (Å²) in [5.74, 6) is 1.34. The van der Waals surface area contributed by atoms with E-state index >= 15 is 0 Å². The van der Waals surface area contributed by atoms with E-state index in [1.54, 1.807) is 12.1 Å². The maximum Gasteiger partial charge on any atom is 0.294 e. The Kier molecular flexibility index (Phi) is 4.33. The van der Waals surface area contributed by atoms with Gasteiger partial charge in [-0.15, -0.1) is 4.73 Å². The van der Waals surface area contributed by atoms with Crippen molar-refractivity contribution < 1.29 is 24.2 Å². The first-order chi connectivity index (χ1) is 12.5. The molecule has 136 valence electrons. The van der Waals surface area contributed by atoms with E-state index in [0.717, 1.165) is 0 Å². The van der Waals surface area contributed by atoms with Crippen LogP contribution >= 0.6 is 0 Å². The van der Waals surface area contributed by atoms with Crippen LogP contribution in [0.15, 0.2) is 33.9 Å². The first-order valence-electron chi connectivity index (χ1n) is 7.56. The first-order valence-corrected chi connectivity index (χ1v) is 7.56. The van der Waals surface area contributed by atoms with Gasteiger partial charge in [-0.05, 0) is 35.0 Å². The predicted octanol–water partition coefficient (Wildman–Crippen LogP) is 1.79. The lowest BCUT2D eigenvalue weighted by Gasteiger charge is -2.10. The lowest BCUT2D eigenvalue weighted by Crippen LogP contribution is -2.27. The summed E-state index contributed by atoms with van der Waals surface area (Å²) >= 11 is 0. The van der Waals surface area contributed by atoms with Gasteiger partial charge in [0, 0.05) is 0 Å². The summed E-state index contributed by atoms with van der Waals surface area (Å²) in [4.78, 5) is 25.2. The van der Waals surface area contributed by atoms with Gasteiger partial charge in [0.05, 0.1) is 39.2 Å². The van der Waals surface area contributed by atoms with Crippen LogP contribution in [0.1, 0.15) is 0 Å². The molecule has 8 heteroatoms. The van der Waals surface area contributed by atoms with Gasteiger partial charge >= 0.3 is 0 Å². The van der Waals surface area contributed by atoms with Crippen LogP contribution in [0, 0.1) is 0 Å². The summed E-state index contributed by atoms with van der Waals surface area (Å²) in [5.41, 5.74) is -1.75. The molecule has 0 saturated carbocycles. The van der Waals surface area contributed by atoms with Gasteiger partial charge < -0.3 is 24.2 Å². The average molecular weight is 359 g/mol. The third-order valence-electron chi connectivity index (χ3n) is 4.18. The number of benzene rings is 2. The topological polar surface area (TPSA) is 96.2 Å². The molecule has 0 aliphatic heterocycles. The molecule has 0 bridgehead atoms. The summed E-state index contributed by atoms with van der Waals surface area (Å²) in [7, 11) is 5.77. The van der Waals surface area contributed by atoms with E-state index in [4.69, 9.17) is 18.9 Å². The number of nitrogens with zero attached hydrogens (tertiary/aromatic N) is 1. The van der Waals surface area contributed by atoms with E-state index in [2.05, 4.69) is 0 Å². The molecule has 0 saturated heterocycles. The highest BCUT2D eigenvalue weighted by atomic mass is 16.5. The number of aromatic nitrogens is 1. The van der Waals surface area contributed by atoms with Gasteiger partial charge in [-0.25, -0.2) is 0 Å². The lowest BCUT2D eigenvalue weighted by atomic mass is 10.1. The third kappa shape index (κ3) is 2.46. The highest BCUT2D eigenvalue weighted by Gasteiger charge is 2.17.